The standard InChI is InChI=1S/C26H30O3S/c1-14(27)15-3-5-18-20-13-25(2)21(7-8-23(25)29)19-6-4-16-12-17(28)9-10-26(16,24(19)20)30-22(18)11-15/h3,5,11-12,19-21,23-24,29H,4,6-10,13H2,1-2H3/t19-,20+,21-,23-,24?,25-,26+/m0/s1. The molecule has 5 aliphatic rings. The van der Waals surface area contributed by atoms with E-state index in [-0.39, 0.29) is 27.8 Å². The Bertz CT molecular complexity index is 996. The molecule has 3 fully saturated rings. The van der Waals surface area contributed by atoms with Crippen LogP contribution in [0.25, 0.3) is 0 Å². The number of benzene rings is 1. The van der Waals surface area contributed by atoms with E-state index in [1.807, 2.05) is 23.9 Å². The number of hydrogen-bond acceptors (Lipinski definition) is 4. The predicted octanol–water partition coefficient (Wildman–Crippen LogP) is 5.31. The molecule has 1 aromatic rings. The number of ketones is 2. The van der Waals surface area contributed by atoms with Gasteiger partial charge in [0.1, 0.15) is 0 Å². The highest BCUT2D eigenvalue weighted by atomic mass is 32.2. The van der Waals surface area contributed by atoms with Crippen molar-refractivity contribution in [2.24, 2.45) is 23.2 Å². The molecule has 1 spiro atoms. The van der Waals surface area contributed by atoms with Crippen molar-refractivity contribution in [2.75, 3.05) is 0 Å². The molecule has 0 bridgehead atoms. The van der Waals surface area contributed by atoms with E-state index in [1.54, 1.807) is 6.92 Å². The van der Waals surface area contributed by atoms with Gasteiger partial charge in [0, 0.05) is 21.6 Å². The molecule has 1 unspecified atom stereocenters. The fourth-order valence-electron chi connectivity index (χ4n) is 8.11. The van der Waals surface area contributed by atoms with Gasteiger partial charge >= 0.3 is 0 Å². The molecule has 4 heteroatoms. The Balaban J connectivity index is 1.56. The number of hydrogen-bond donors (Lipinski definition) is 1. The lowest BCUT2D eigenvalue weighted by Gasteiger charge is -2.63. The molecule has 1 N–H and O–H groups in total. The van der Waals surface area contributed by atoms with Crippen molar-refractivity contribution in [3.05, 3.63) is 41.0 Å². The van der Waals surface area contributed by atoms with Crippen LogP contribution in [-0.4, -0.2) is 27.5 Å². The number of aliphatic hydroxyl groups excluding tert-OH is 1. The van der Waals surface area contributed by atoms with Gasteiger partial charge in [0.2, 0.25) is 0 Å². The van der Waals surface area contributed by atoms with Gasteiger partial charge in [0.25, 0.3) is 0 Å². The van der Waals surface area contributed by atoms with E-state index in [2.05, 4.69) is 19.1 Å². The van der Waals surface area contributed by atoms with Crippen LogP contribution in [0.2, 0.25) is 0 Å². The van der Waals surface area contributed by atoms with E-state index in [4.69, 9.17) is 0 Å². The average Bonchev–Trinajstić information content (AvgIpc) is 3.02. The fraction of sp³-hybridized carbons (Fsp3) is 0.615. The largest absolute Gasteiger partial charge is 0.393 e. The molecule has 158 valence electrons. The Hall–Kier alpha value is -1.39. The minimum atomic E-state index is -0.209. The Labute approximate surface area is 182 Å². The molecule has 7 atom stereocenters. The highest BCUT2D eigenvalue weighted by Gasteiger charge is 2.65. The minimum absolute atomic E-state index is 0.00121. The van der Waals surface area contributed by atoms with Crippen molar-refractivity contribution < 1.29 is 14.7 Å². The zero-order valence-electron chi connectivity index (χ0n) is 17.8. The van der Waals surface area contributed by atoms with E-state index in [0.29, 0.717) is 30.1 Å². The number of carbonyl (C=O) groups excluding carboxylic acids is 2. The third kappa shape index (κ3) is 2.38. The number of carbonyl (C=O) groups is 2. The summed E-state index contributed by atoms with van der Waals surface area (Å²) in [4.78, 5) is 25.7. The van der Waals surface area contributed by atoms with Crippen molar-refractivity contribution >= 4 is 23.3 Å². The second kappa shape index (κ2) is 6.32. The lowest BCUT2D eigenvalue weighted by atomic mass is 9.47. The first-order chi connectivity index (χ1) is 14.3. The maximum atomic E-state index is 12.3. The molecule has 1 heterocycles. The molecule has 0 saturated heterocycles. The monoisotopic (exact) mass is 422 g/mol. The Morgan fingerprint density at radius 3 is 2.83 bits per heavy atom. The quantitative estimate of drug-likeness (QED) is 0.623. The smallest absolute Gasteiger partial charge is 0.159 e. The van der Waals surface area contributed by atoms with Gasteiger partial charge in [-0.2, -0.15) is 0 Å². The summed E-state index contributed by atoms with van der Waals surface area (Å²) >= 11 is 1.96. The van der Waals surface area contributed by atoms with Crippen LogP contribution < -0.4 is 0 Å². The van der Waals surface area contributed by atoms with Crippen LogP contribution in [0.15, 0.2) is 34.7 Å². The molecule has 0 aromatic heterocycles. The molecular weight excluding hydrogens is 392 g/mol. The van der Waals surface area contributed by atoms with E-state index < -0.39 is 0 Å². The van der Waals surface area contributed by atoms with Crippen LogP contribution in [0.4, 0.5) is 0 Å². The van der Waals surface area contributed by atoms with Gasteiger partial charge in [-0.3, -0.25) is 9.59 Å². The third-order valence-electron chi connectivity index (χ3n) is 9.45. The van der Waals surface area contributed by atoms with Gasteiger partial charge < -0.3 is 5.11 Å². The van der Waals surface area contributed by atoms with Crippen molar-refractivity contribution in [1.82, 2.24) is 0 Å². The maximum absolute atomic E-state index is 12.3. The van der Waals surface area contributed by atoms with Crippen molar-refractivity contribution in [3.63, 3.8) is 0 Å². The van der Waals surface area contributed by atoms with Crippen molar-refractivity contribution in [2.45, 2.75) is 80.5 Å². The lowest BCUT2D eigenvalue weighted by Crippen LogP contribution is -2.58. The van der Waals surface area contributed by atoms with Crippen molar-refractivity contribution in [3.8, 4) is 0 Å². The van der Waals surface area contributed by atoms with Crippen molar-refractivity contribution in [1.29, 1.82) is 0 Å². The molecule has 6 rings (SSSR count). The number of Topliss-reactive ketones (excluding diaryl/α,β-unsaturated/α-hetero) is 1. The fourth-order valence-corrected chi connectivity index (χ4v) is 10.00. The normalized spacial score (nSPS) is 43.8. The summed E-state index contributed by atoms with van der Waals surface area (Å²) in [5, 5.41) is 11.0. The molecule has 4 aliphatic carbocycles. The van der Waals surface area contributed by atoms with E-state index in [0.717, 1.165) is 44.1 Å². The molecule has 0 radical (unpaired) electrons. The first-order valence-electron chi connectivity index (χ1n) is 11.6. The van der Waals surface area contributed by atoms with Crippen LogP contribution in [-0.2, 0) is 4.79 Å². The van der Waals surface area contributed by atoms with Crippen LogP contribution in [0.1, 0.15) is 80.6 Å². The van der Waals surface area contributed by atoms with Gasteiger partial charge in [-0.25, -0.2) is 0 Å². The summed E-state index contributed by atoms with van der Waals surface area (Å²) in [6.07, 6.45) is 8.58. The zero-order chi connectivity index (χ0) is 20.8. The van der Waals surface area contributed by atoms with Gasteiger partial charge in [-0.1, -0.05) is 19.1 Å². The number of rotatable bonds is 1. The second-order valence-electron chi connectivity index (χ2n) is 10.7. The van der Waals surface area contributed by atoms with Gasteiger partial charge in [0.15, 0.2) is 11.6 Å². The van der Waals surface area contributed by atoms with Crippen LogP contribution in [0.3, 0.4) is 0 Å². The SMILES string of the molecule is CC(=O)c1ccc2c(c1)S[C@]13CCC(=O)C=C1CC[C@@H]1C3[C@@H]2C[C@]2(C)[C@@H](O)CC[C@@H]12. The molecular formula is C26H30O3S. The molecule has 1 aromatic carbocycles. The Morgan fingerprint density at radius 2 is 2.03 bits per heavy atom. The Morgan fingerprint density at radius 1 is 1.20 bits per heavy atom. The predicted molar refractivity (Wildman–Crippen MR) is 118 cm³/mol. The van der Waals surface area contributed by atoms with Crippen LogP contribution >= 0.6 is 11.8 Å². The first kappa shape index (κ1) is 19.3. The van der Waals surface area contributed by atoms with E-state index >= 15 is 0 Å². The van der Waals surface area contributed by atoms with Gasteiger partial charge in [0.05, 0.1) is 6.10 Å². The van der Waals surface area contributed by atoms with Crippen LogP contribution in [0.5, 0.6) is 0 Å². The second-order valence-corrected chi connectivity index (χ2v) is 12.1. The maximum Gasteiger partial charge on any atom is 0.159 e. The number of fused-ring (bicyclic) bond motifs is 4. The van der Waals surface area contributed by atoms with Crippen LogP contribution in [0, 0.1) is 23.2 Å². The summed E-state index contributed by atoms with van der Waals surface area (Å²) < 4.78 is -0.00121. The molecule has 3 saturated carbocycles. The highest BCUT2D eigenvalue weighted by Crippen LogP contribution is 2.72. The van der Waals surface area contributed by atoms with Gasteiger partial charge in [-0.15, -0.1) is 11.8 Å². The van der Waals surface area contributed by atoms with E-state index in [1.165, 1.54) is 16.0 Å². The lowest BCUT2D eigenvalue weighted by molar-refractivity contribution is -0.116. The molecule has 0 amide bonds. The summed E-state index contributed by atoms with van der Waals surface area (Å²) in [6, 6.07) is 6.30. The number of aliphatic hydroxyl groups is 1. The summed E-state index contributed by atoms with van der Waals surface area (Å²) in [7, 11) is 0. The summed E-state index contributed by atoms with van der Waals surface area (Å²) in [5.74, 6) is 2.53. The molecule has 3 nitrogen and oxygen atoms in total. The van der Waals surface area contributed by atoms with E-state index in [9.17, 15) is 14.7 Å². The topological polar surface area (TPSA) is 54.4 Å². The summed E-state index contributed by atoms with van der Waals surface area (Å²) in [6.45, 7) is 3.97. The molecule has 30 heavy (non-hydrogen) atoms. The highest BCUT2D eigenvalue weighted by molar-refractivity contribution is 8.01. The minimum Gasteiger partial charge on any atom is -0.393 e. The summed E-state index contributed by atoms with van der Waals surface area (Å²) in [5.41, 5.74) is 3.50. The van der Waals surface area contributed by atoms with Gasteiger partial charge in [-0.05, 0) is 97.8 Å². The Kier molecular flexibility index (Phi) is 4.07. The first-order valence-corrected chi connectivity index (χ1v) is 12.4. The molecule has 1 aliphatic heterocycles. The number of thioether (sulfide) groups is 1. The third-order valence-corrected chi connectivity index (χ3v) is 11.1. The zero-order valence-corrected chi connectivity index (χ0v) is 18.6. The average molecular weight is 423 g/mol.